The first-order chi connectivity index (χ1) is 26.5. The average Bonchev–Trinajstić information content (AvgIpc) is 3.95. The quantitative estimate of drug-likeness (QED) is 0.312. The molecule has 2 aliphatic heterocycles. The fraction of sp³-hybridized carbons (Fsp3) is 0.585. The molecule has 302 valence electrons. The molecule has 3 saturated carbocycles. The number of hydrogen-bond donors (Lipinski definition) is 4. The predicted molar refractivity (Wildman–Crippen MR) is 209 cm³/mol. The van der Waals surface area contributed by atoms with Gasteiger partial charge in [0.15, 0.2) is 11.3 Å². The minimum atomic E-state index is -4.02. The van der Waals surface area contributed by atoms with Gasteiger partial charge in [0.2, 0.25) is 21.8 Å². The first-order valence-electron chi connectivity index (χ1n) is 19.7. The Morgan fingerprint density at radius 2 is 1.80 bits per heavy atom. The van der Waals surface area contributed by atoms with E-state index in [1.165, 1.54) is 11.0 Å². The van der Waals surface area contributed by atoms with Gasteiger partial charge in [-0.1, -0.05) is 51.1 Å². The molecule has 4 amide bonds. The maximum atomic E-state index is 14.7. The molecule has 2 bridgehead atoms. The Labute approximate surface area is 327 Å². The number of ether oxygens (including phenoxy) is 2. The molecule has 2 aromatic rings. The molecule has 1 aromatic heterocycles. The highest BCUT2D eigenvalue weighted by Crippen LogP contribution is 2.47. The maximum absolute atomic E-state index is 14.7. The molecule has 0 radical (unpaired) electrons. The third-order valence-electron chi connectivity index (χ3n) is 12.4. The average molecular weight is 792 g/mol. The number of carbonyl (C=O) groups excluding carboxylic acids is 4. The summed E-state index contributed by atoms with van der Waals surface area (Å²) in [6, 6.07) is 4.81. The van der Waals surface area contributed by atoms with Gasteiger partial charge in [-0.2, -0.15) is 0 Å². The van der Waals surface area contributed by atoms with E-state index in [0.29, 0.717) is 35.7 Å². The molecule has 4 N–H and O–H groups in total. The lowest BCUT2D eigenvalue weighted by Crippen LogP contribution is -2.60. The van der Waals surface area contributed by atoms with E-state index in [9.17, 15) is 32.4 Å². The van der Waals surface area contributed by atoms with Crippen molar-refractivity contribution in [1.82, 2.24) is 25.2 Å². The minimum absolute atomic E-state index is 0.0282. The summed E-state index contributed by atoms with van der Waals surface area (Å²) in [5, 5.41) is 6.13. The van der Waals surface area contributed by atoms with Gasteiger partial charge in [-0.3, -0.25) is 23.9 Å². The first kappa shape index (κ1) is 39.6. The van der Waals surface area contributed by atoms with Gasteiger partial charge in [-0.05, 0) is 88.2 Å². The number of nitrogens with one attached hydrogen (secondary N) is 4. The van der Waals surface area contributed by atoms with Crippen LogP contribution in [0.2, 0.25) is 0 Å². The number of pyridine rings is 1. The van der Waals surface area contributed by atoms with Crippen molar-refractivity contribution >= 4 is 44.7 Å². The summed E-state index contributed by atoms with van der Waals surface area (Å²) >= 11 is 0. The van der Waals surface area contributed by atoms with Crippen LogP contribution in [0.25, 0.3) is 10.9 Å². The standard InChI is InChI=1S/C41H53N5O9S/c1-6-25-22-41(25,37(50)45-56(52,53)40(5)19-20-40)44-34(48)30-21-26-23-46(30)36(49)33(39(2,3)4)43-38(51)55-31-18-12-14-24(31)13-8-7-9-16-28-32(47)27-15-10-11-17-29(27)42-35(28)54-26/h6-7,9-11,15,17,24-26,30-31,33H,1,8,12-14,16,18-23H2,2-5H3,(H,42,47)(H,43,51)(H,44,48)(H,45,50)/b9-7+/t24-,25-,26-,30+,31-,33-,41-/m1/s1. The number of fused-ring (bicyclic) bond motifs is 5. The number of aromatic nitrogens is 1. The van der Waals surface area contributed by atoms with E-state index >= 15 is 0 Å². The first-order valence-corrected chi connectivity index (χ1v) is 21.2. The lowest BCUT2D eigenvalue weighted by Gasteiger charge is -2.35. The third-order valence-corrected chi connectivity index (χ3v) is 14.6. The number of aromatic amines is 1. The molecule has 1 saturated heterocycles. The molecular weight excluding hydrogens is 739 g/mol. The van der Waals surface area contributed by atoms with Crippen molar-refractivity contribution in [3.05, 3.63) is 64.9 Å². The van der Waals surface area contributed by atoms with Crippen molar-refractivity contribution in [2.75, 3.05) is 6.54 Å². The molecular formula is C41H53N5O9S. The molecule has 15 heteroatoms. The SMILES string of the molecule is C=C[C@@H]1C[C@]1(NC(=O)[C@@H]1C[C@@H]2CN1C(=O)[C@H](C(C)(C)C)NC(=O)O[C@@H]1CCC[C@H]1CC/C=C/Cc1c([nH]c3ccccc3c1=O)O2)C(=O)NS(=O)(=O)C1(C)CC1. The van der Waals surface area contributed by atoms with Crippen LogP contribution in [-0.4, -0.2) is 83.2 Å². The smallest absolute Gasteiger partial charge is 0.408 e. The van der Waals surface area contributed by atoms with Gasteiger partial charge in [-0.25, -0.2) is 13.2 Å². The molecule has 1 aromatic carbocycles. The maximum Gasteiger partial charge on any atom is 0.408 e. The Balaban J connectivity index is 1.24. The van der Waals surface area contributed by atoms with Crippen molar-refractivity contribution in [3.63, 3.8) is 0 Å². The zero-order valence-corrected chi connectivity index (χ0v) is 33.3. The zero-order valence-electron chi connectivity index (χ0n) is 32.5. The van der Waals surface area contributed by atoms with Crippen LogP contribution in [0.3, 0.4) is 0 Å². The Morgan fingerprint density at radius 3 is 2.50 bits per heavy atom. The summed E-state index contributed by atoms with van der Waals surface area (Å²) < 4.78 is 39.8. The fourth-order valence-corrected chi connectivity index (χ4v) is 9.73. The number of para-hydroxylation sites is 1. The fourth-order valence-electron chi connectivity index (χ4n) is 8.42. The van der Waals surface area contributed by atoms with Gasteiger partial charge in [-0.15, -0.1) is 6.58 Å². The van der Waals surface area contributed by atoms with E-state index in [4.69, 9.17) is 9.47 Å². The second-order valence-electron chi connectivity index (χ2n) is 17.5. The highest BCUT2D eigenvalue weighted by molar-refractivity contribution is 7.91. The van der Waals surface area contributed by atoms with E-state index in [1.807, 2.05) is 12.2 Å². The number of rotatable bonds is 6. The zero-order chi connectivity index (χ0) is 40.2. The van der Waals surface area contributed by atoms with Gasteiger partial charge in [0, 0.05) is 17.7 Å². The molecule has 4 fully saturated rings. The minimum Gasteiger partial charge on any atom is -0.473 e. The van der Waals surface area contributed by atoms with Crippen LogP contribution in [0.5, 0.6) is 5.88 Å². The lowest BCUT2D eigenvalue weighted by atomic mass is 9.85. The summed E-state index contributed by atoms with van der Waals surface area (Å²) in [6.07, 6.45) is 8.86. The molecule has 5 aliphatic rings. The summed E-state index contributed by atoms with van der Waals surface area (Å²) in [7, 11) is -4.02. The van der Waals surface area contributed by atoms with Gasteiger partial charge < -0.3 is 30.0 Å². The van der Waals surface area contributed by atoms with Gasteiger partial charge in [0.1, 0.15) is 29.8 Å². The van der Waals surface area contributed by atoms with Crippen LogP contribution < -0.4 is 25.5 Å². The van der Waals surface area contributed by atoms with Crippen molar-refractivity contribution in [2.24, 2.45) is 17.3 Å². The topological polar surface area (TPSA) is 193 Å². The molecule has 7 atom stereocenters. The Kier molecular flexibility index (Phi) is 10.4. The predicted octanol–water partition coefficient (Wildman–Crippen LogP) is 4.14. The Bertz CT molecular complexity index is 2140. The number of allylic oxidation sites excluding steroid dienone is 2. The summed E-state index contributed by atoms with van der Waals surface area (Å²) in [6.45, 7) is 10.7. The summed E-state index contributed by atoms with van der Waals surface area (Å²) in [5.41, 5.74) is -1.64. The number of H-pyrrole nitrogens is 1. The molecule has 0 spiro atoms. The van der Waals surface area contributed by atoms with Gasteiger partial charge in [0.25, 0.3) is 5.91 Å². The molecule has 3 heterocycles. The Hall–Kier alpha value is -4.66. The number of amides is 4. The summed E-state index contributed by atoms with van der Waals surface area (Å²) in [5.74, 6) is -2.30. The largest absolute Gasteiger partial charge is 0.473 e. The second kappa shape index (κ2) is 14.7. The van der Waals surface area contributed by atoms with Crippen molar-refractivity contribution in [2.45, 2.75) is 126 Å². The van der Waals surface area contributed by atoms with Crippen molar-refractivity contribution in [3.8, 4) is 5.88 Å². The number of benzene rings is 1. The summed E-state index contributed by atoms with van der Waals surface area (Å²) in [4.78, 5) is 74.9. The Morgan fingerprint density at radius 1 is 1.05 bits per heavy atom. The van der Waals surface area contributed by atoms with Crippen molar-refractivity contribution in [1.29, 1.82) is 0 Å². The monoisotopic (exact) mass is 791 g/mol. The number of hydrogen-bond acceptors (Lipinski definition) is 9. The number of carbonyl (C=O) groups is 4. The number of sulfonamides is 1. The second-order valence-corrected chi connectivity index (χ2v) is 19.7. The molecule has 56 heavy (non-hydrogen) atoms. The van der Waals surface area contributed by atoms with E-state index in [1.54, 1.807) is 52.0 Å². The van der Waals surface area contributed by atoms with E-state index < -0.39 is 73.6 Å². The van der Waals surface area contributed by atoms with Crippen LogP contribution in [0.1, 0.15) is 91.0 Å². The third kappa shape index (κ3) is 7.58. The van der Waals surface area contributed by atoms with Crippen LogP contribution in [0.4, 0.5) is 4.79 Å². The van der Waals surface area contributed by atoms with Crippen LogP contribution in [0.15, 0.2) is 53.9 Å². The van der Waals surface area contributed by atoms with E-state index in [0.717, 1.165) is 25.7 Å². The van der Waals surface area contributed by atoms with Crippen LogP contribution in [-0.2, 0) is 35.6 Å². The highest BCUT2D eigenvalue weighted by atomic mass is 32.2. The van der Waals surface area contributed by atoms with E-state index in [2.05, 4.69) is 26.9 Å². The van der Waals surface area contributed by atoms with Crippen LogP contribution >= 0.6 is 0 Å². The molecule has 14 nitrogen and oxygen atoms in total. The van der Waals surface area contributed by atoms with Crippen molar-refractivity contribution < 1.29 is 37.1 Å². The molecule has 7 rings (SSSR count). The molecule has 3 aliphatic carbocycles. The van der Waals surface area contributed by atoms with Gasteiger partial charge in [0.05, 0.1) is 22.4 Å². The normalized spacial score (nSPS) is 31.0. The highest BCUT2D eigenvalue weighted by Gasteiger charge is 2.63. The number of alkyl carbamates (subject to hydrolysis) is 1. The van der Waals surface area contributed by atoms with E-state index in [-0.39, 0.29) is 49.1 Å². The van der Waals surface area contributed by atoms with Gasteiger partial charge >= 0.3 is 6.09 Å². The lowest BCUT2D eigenvalue weighted by molar-refractivity contribution is -0.143. The molecule has 0 unspecified atom stereocenters. The van der Waals surface area contributed by atoms with Crippen LogP contribution in [0, 0.1) is 17.3 Å². The number of nitrogens with zero attached hydrogens (tertiary/aromatic N) is 1.